The standard InChI is InChI=1S/C10H10BrClN2O3/c1-5(9(15)16)13-10(17)14-8-3-2-6(12)4-7(8)11/h2-5H,1H3,(H,15,16)(H2,13,14,17). The molecule has 1 aromatic rings. The van der Waals surface area contributed by atoms with Crippen LogP contribution in [0.4, 0.5) is 10.5 Å². The van der Waals surface area contributed by atoms with Crippen LogP contribution in [0.5, 0.6) is 0 Å². The van der Waals surface area contributed by atoms with Crippen molar-refractivity contribution in [3.8, 4) is 0 Å². The minimum atomic E-state index is -1.10. The molecule has 0 saturated carbocycles. The summed E-state index contributed by atoms with van der Waals surface area (Å²) in [5.74, 6) is -1.10. The molecule has 1 aromatic carbocycles. The molecule has 1 unspecified atom stereocenters. The molecular formula is C10H10BrClN2O3. The van der Waals surface area contributed by atoms with E-state index in [2.05, 4.69) is 26.6 Å². The first-order chi connectivity index (χ1) is 7.90. The van der Waals surface area contributed by atoms with Gasteiger partial charge in [-0.15, -0.1) is 0 Å². The van der Waals surface area contributed by atoms with E-state index in [1.54, 1.807) is 18.2 Å². The Morgan fingerprint density at radius 2 is 2.12 bits per heavy atom. The lowest BCUT2D eigenvalue weighted by Crippen LogP contribution is -2.40. The normalized spacial score (nSPS) is 11.7. The van der Waals surface area contributed by atoms with Gasteiger partial charge in [-0.3, -0.25) is 4.79 Å². The van der Waals surface area contributed by atoms with Crippen LogP contribution in [-0.2, 0) is 4.79 Å². The Hall–Kier alpha value is -1.27. The molecule has 5 nitrogen and oxygen atoms in total. The first-order valence-corrected chi connectivity index (χ1v) is 5.82. The molecule has 1 atom stereocenters. The van der Waals surface area contributed by atoms with Crippen molar-refractivity contribution in [3.63, 3.8) is 0 Å². The summed E-state index contributed by atoms with van der Waals surface area (Å²) in [6.07, 6.45) is 0. The Morgan fingerprint density at radius 3 is 2.65 bits per heavy atom. The molecule has 0 spiro atoms. The minimum Gasteiger partial charge on any atom is -0.480 e. The van der Waals surface area contributed by atoms with Gasteiger partial charge in [0.1, 0.15) is 6.04 Å². The molecule has 0 heterocycles. The van der Waals surface area contributed by atoms with Crippen molar-refractivity contribution in [1.82, 2.24) is 5.32 Å². The highest BCUT2D eigenvalue weighted by atomic mass is 79.9. The number of carbonyl (C=O) groups is 2. The number of carboxylic acids is 1. The number of halogens is 2. The fourth-order valence-corrected chi connectivity index (χ4v) is 1.79. The second-order valence-corrected chi connectivity index (χ2v) is 4.57. The summed E-state index contributed by atoms with van der Waals surface area (Å²) in [4.78, 5) is 22.0. The van der Waals surface area contributed by atoms with E-state index >= 15 is 0 Å². The zero-order valence-electron chi connectivity index (χ0n) is 8.83. The average Bonchev–Trinajstić information content (AvgIpc) is 2.22. The van der Waals surface area contributed by atoms with Crippen LogP contribution in [0.2, 0.25) is 5.02 Å². The van der Waals surface area contributed by atoms with E-state index in [1.807, 2.05) is 0 Å². The fourth-order valence-electron chi connectivity index (χ4n) is 1.01. The van der Waals surface area contributed by atoms with Crippen molar-refractivity contribution in [2.75, 3.05) is 5.32 Å². The van der Waals surface area contributed by atoms with E-state index in [-0.39, 0.29) is 0 Å². The Balaban J connectivity index is 2.65. The van der Waals surface area contributed by atoms with Crippen molar-refractivity contribution in [1.29, 1.82) is 0 Å². The second-order valence-electron chi connectivity index (χ2n) is 3.28. The minimum absolute atomic E-state index is 0.504. The largest absolute Gasteiger partial charge is 0.480 e. The molecule has 3 N–H and O–H groups in total. The SMILES string of the molecule is CC(NC(=O)Nc1ccc(Cl)cc1Br)C(=O)O. The zero-order chi connectivity index (χ0) is 13.0. The van der Waals surface area contributed by atoms with E-state index in [0.717, 1.165) is 0 Å². The number of hydrogen-bond donors (Lipinski definition) is 3. The molecule has 0 fully saturated rings. The van der Waals surface area contributed by atoms with Gasteiger partial charge >= 0.3 is 12.0 Å². The van der Waals surface area contributed by atoms with Gasteiger partial charge in [-0.2, -0.15) is 0 Å². The lowest BCUT2D eigenvalue weighted by Gasteiger charge is -2.11. The molecule has 0 aromatic heterocycles. The van der Waals surface area contributed by atoms with Gasteiger partial charge in [-0.05, 0) is 41.1 Å². The lowest BCUT2D eigenvalue weighted by atomic mass is 10.3. The topological polar surface area (TPSA) is 78.4 Å². The number of anilines is 1. The quantitative estimate of drug-likeness (QED) is 0.801. The summed E-state index contributed by atoms with van der Waals surface area (Å²) in [5, 5.41) is 13.9. The molecule has 0 saturated heterocycles. The Morgan fingerprint density at radius 1 is 1.47 bits per heavy atom. The number of amides is 2. The maximum Gasteiger partial charge on any atom is 0.325 e. The van der Waals surface area contributed by atoms with Crippen molar-refractivity contribution in [2.45, 2.75) is 13.0 Å². The van der Waals surface area contributed by atoms with E-state index in [4.69, 9.17) is 16.7 Å². The van der Waals surface area contributed by atoms with Crippen LogP contribution in [-0.4, -0.2) is 23.1 Å². The van der Waals surface area contributed by atoms with Crippen LogP contribution in [0.1, 0.15) is 6.92 Å². The summed E-state index contributed by atoms with van der Waals surface area (Å²) in [6, 6.07) is 3.29. The molecule has 7 heteroatoms. The van der Waals surface area contributed by atoms with Gasteiger partial charge in [0, 0.05) is 9.50 Å². The fraction of sp³-hybridized carbons (Fsp3) is 0.200. The third-order valence-electron chi connectivity index (χ3n) is 1.90. The van der Waals surface area contributed by atoms with Gasteiger partial charge in [-0.25, -0.2) is 4.79 Å². The lowest BCUT2D eigenvalue weighted by molar-refractivity contribution is -0.138. The van der Waals surface area contributed by atoms with Crippen molar-refractivity contribution >= 4 is 45.2 Å². The summed E-state index contributed by atoms with van der Waals surface area (Å²) >= 11 is 8.97. The summed E-state index contributed by atoms with van der Waals surface area (Å²) in [6.45, 7) is 1.37. The third-order valence-corrected chi connectivity index (χ3v) is 2.79. The van der Waals surface area contributed by atoms with Gasteiger partial charge in [0.15, 0.2) is 0 Å². The second kappa shape index (κ2) is 5.88. The zero-order valence-corrected chi connectivity index (χ0v) is 11.2. The molecule has 92 valence electrons. The van der Waals surface area contributed by atoms with Gasteiger partial charge in [0.05, 0.1) is 5.69 Å². The van der Waals surface area contributed by atoms with Gasteiger partial charge in [0.2, 0.25) is 0 Å². The van der Waals surface area contributed by atoms with Crippen molar-refractivity contribution in [3.05, 3.63) is 27.7 Å². The highest BCUT2D eigenvalue weighted by Gasteiger charge is 2.14. The van der Waals surface area contributed by atoms with Crippen LogP contribution >= 0.6 is 27.5 Å². The number of hydrogen-bond acceptors (Lipinski definition) is 2. The number of carbonyl (C=O) groups excluding carboxylic acids is 1. The first kappa shape index (κ1) is 13.8. The van der Waals surface area contributed by atoms with Crippen LogP contribution < -0.4 is 10.6 Å². The maximum atomic E-state index is 11.4. The van der Waals surface area contributed by atoms with Gasteiger partial charge < -0.3 is 15.7 Å². The van der Waals surface area contributed by atoms with E-state index in [9.17, 15) is 9.59 Å². The highest BCUT2D eigenvalue weighted by molar-refractivity contribution is 9.10. The Labute approximate surface area is 111 Å². The Bertz CT molecular complexity index is 453. The average molecular weight is 322 g/mol. The summed E-state index contributed by atoms with van der Waals surface area (Å²) < 4.78 is 0.614. The molecule has 0 aliphatic rings. The van der Waals surface area contributed by atoms with E-state index in [0.29, 0.717) is 15.2 Å². The Kier molecular flexibility index (Phi) is 4.77. The maximum absolute atomic E-state index is 11.4. The number of nitrogens with one attached hydrogen (secondary N) is 2. The summed E-state index contributed by atoms with van der Waals surface area (Å²) in [5.41, 5.74) is 0.504. The van der Waals surface area contributed by atoms with Crippen LogP contribution in [0, 0.1) is 0 Å². The predicted molar refractivity (Wildman–Crippen MR) is 68.4 cm³/mol. The van der Waals surface area contributed by atoms with Gasteiger partial charge in [-0.1, -0.05) is 11.6 Å². The molecular weight excluding hydrogens is 311 g/mol. The van der Waals surface area contributed by atoms with Crippen LogP contribution in [0.25, 0.3) is 0 Å². The van der Waals surface area contributed by atoms with Crippen LogP contribution in [0.3, 0.4) is 0 Å². The highest BCUT2D eigenvalue weighted by Crippen LogP contribution is 2.25. The molecule has 0 aliphatic heterocycles. The molecule has 0 radical (unpaired) electrons. The molecule has 17 heavy (non-hydrogen) atoms. The molecule has 0 aliphatic carbocycles. The monoisotopic (exact) mass is 320 g/mol. The van der Waals surface area contributed by atoms with Crippen molar-refractivity contribution in [2.24, 2.45) is 0 Å². The molecule has 2 amide bonds. The van der Waals surface area contributed by atoms with Gasteiger partial charge in [0.25, 0.3) is 0 Å². The predicted octanol–water partition coefficient (Wildman–Crippen LogP) is 2.70. The smallest absolute Gasteiger partial charge is 0.325 e. The third kappa shape index (κ3) is 4.24. The number of aliphatic carboxylic acids is 1. The van der Waals surface area contributed by atoms with E-state index < -0.39 is 18.0 Å². The molecule has 1 rings (SSSR count). The van der Waals surface area contributed by atoms with Crippen molar-refractivity contribution < 1.29 is 14.7 Å². The summed E-state index contributed by atoms with van der Waals surface area (Å²) in [7, 11) is 0. The first-order valence-electron chi connectivity index (χ1n) is 4.65. The molecule has 0 bridgehead atoms. The van der Waals surface area contributed by atoms with E-state index in [1.165, 1.54) is 6.92 Å². The van der Waals surface area contributed by atoms with Crippen LogP contribution in [0.15, 0.2) is 22.7 Å². The number of urea groups is 1. The number of rotatable bonds is 3. The number of benzene rings is 1. The number of carboxylic acid groups (broad SMARTS) is 1.